The van der Waals surface area contributed by atoms with Gasteiger partial charge in [0.25, 0.3) is 0 Å². The first-order valence-corrected chi connectivity index (χ1v) is 2.50. The molecule has 6 heteroatoms. The van der Waals surface area contributed by atoms with Crippen LogP contribution < -0.4 is 0 Å². The van der Waals surface area contributed by atoms with Crippen molar-refractivity contribution < 1.29 is 15.6 Å². The smallest absolute Gasteiger partial charge is 0.103 e. The molecule has 1 rings (SSSR count). The average molecular weight is 135 g/mol. The monoisotopic (exact) mass is 135 g/mol. The van der Waals surface area contributed by atoms with Gasteiger partial charge >= 0.3 is 0 Å². The quantitative estimate of drug-likeness (QED) is 0.393. The summed E-state index contributed by atoms with van der Waals surface area (Å²) in [5, 5.41) is 28.4. The van der Waals surface area contributed by atoms with Crippen molar-refractivity contribution >= 4 is 0 Å². The van der Waals surface area contributed by atoms with Crippen LogP contribution >= 0.6 is 0 Å². The molecular formula is C3H9N3O3. The zero-order valence-corrected chi connectivity index (χ0v) is 4.80. The number of rotatable bonds is 0. The van der Waals surface area contributed by atoms with Gasteiger partial charge in [-0.2, -0.15) is 15.2 Å². The molecule has 0 radical (unpaired) electrons. The van der Waals surface area contributed by atoms with Crippen LogP contribution in [0.5, 0.6) is 0 Å². The van der Waals surface area contributed by atoms with E-state index in [1.165, 1.54) is 0 Å². The summed E-state index contributed by atoms with van der Waals surface area (Å²) in [5.74, 6) is 0. The fourth-order valence-electron chi connectivity index (χ4n) is 0.699. The summed E-state index contributed by atoms with van der Waals surface area (Å²) in [7, 11) is 0. The molecule has 1 fully saturated rings. The minimum absolute atomic E-state index is 0.0388. The first-order chi connectivity index (χ1) is 4.18. The van der Waals surface area contributed by atoms with E-state index >= 15 is 0 Å². The van der Waals surface area contributed by atoms with Crippen LogP contribution in [0.15, 0.2) is 0 Å². The van der Waals surface area contributed by atoms with Gasteiger partial charge in [-0.15, -0.1) is 0 Å². The Balaban J connectivity index is 2.34. The van der Waals surface area contributed by atoms with Crippen LogP contribution in [0.2, 0.25) is 0 Å². The molecule has 0 bridgehead atoms. The molecule has 0 saturated carbocycles. The SMILES string of the molecule is ON1CN(O)CN(O)C1. The third-order valence-corrected chi connectivity index (χ3v) is 0.979. The Bertz CT molecular complexity index is 75.3. The minimum atomic E-state index is 0.0388. The molecular weight excluding hydrogens is 126 g/mol. The van der Waals surface area contributed by atoms with E-state index in [1.807, 2.05) is 0 Å². The van der Waals surface area contributed by atoms with Crippen molar-refractivity contribution in [3.8, 4) is 0 Å². The molecule has 1 heterocycles. The lowest BCUT2D eigenvalue weighted by molar-refractivity contribution is -0.326. The average Bonchev–Trinajstić information content (AvgIpc) is 1.59. The summed E-state index contributed by atoms with van der Waals surface area (Å²) >= 11 is 0. The second kappa shape index (κ2) is 2.56. The van der Waals surface area contributed by atoms with Gasteiger partial charge in [-0.25, -0.2) is 0 Å². The highest BCUT2D eigenvalue weighted by Crippen LogP contribution is 1.97. The number of nitrogens with zero attached hydrogens (tertiary/aromatic N) is 3. The summed E-state index contributed by atoms with van der Waals surface area (Å²) in [4.78, 5) is 0. The molecule has 0 aromatic heterocycles. The van der Waals surface area contributed by atoms with E-state index in [9.17, 15) is 0 Å². The van der Waals surface area contributed by atoms with Crippen LogP contribution in [0, 0.1) is 0 Å². The Labute approximate surface area is 52.0 Å². The lowest BCUT2D eigenvalue weighted by Gasteiger charge is -2.31. The molecule has 0 aromatic rings. The van der Waals surface area contributed by atoms with Crippen molar-refractivity contribution in [3.05, 3.63) is 0 Å². The lowest BCUT2D eigenvalue weighted by atomic mass is 10.7. The minimum Gasteiger partial charge on any atom is -0.311 e. The first kappa shape index (κ1) is 6.87. The predicted molar refractivity (Wildman–Crippen MR) is 25.5 cm³/mol. The summed E-state index contributed by atoms with van der Waals surface area (Å²) in [6, 6.07) is 0. The highest BCUT2D eigenvalue weighted by Gasteiger charge is 2.18. The van der Waals surface area contributed by atoms with E-state index in [2.05, 4.69) is 0 Å². The Hall–Kier alpha value is -0.240. The topological polar surface area (TPSA) is 70.4 Å². The lowest BCUT2D eigenvalue weighted by Crippen LogP contribution is -2.51. The van der Waals surface area contributed by atoms with Gasteiger partial charge in [0.15, 0.2) is 0 Å². The van der Waals surface area contributed by atoms with Crippen molar-refractivity contribution in [3.63, 3.8) is 0 Å². The van der Waals surface area contributed by atoms with E-state index in [1.54, 1.807) is 0 Å². The maximum Gasteiger partial charge on any atom is 0.103 e. The third kappa shape index (κ3) is 1.86. The van der Waals surface area contributed by atoms with Gasteiger partial charge in [0.05, 0.1) is 0 Å². The van der Waals surface area contributed by atoms with Gasteiger partial charge < -0.3 is 15.6 Å². The zero-order chi connectivity index (χ0) is 6.85. The molecule has 0 spiro atoms. The number of hydroxylamine groups is 6. The molecule has 1 saturated heterocycles. The molecule has 54 valence electrons. The number of hydrogen-bond acceptors (Lipinski definition) is 6. The fraction of sp³-hybridized carbons (Fsp3) is 1.00. The largest absolute Gasteiger partial charge is 0.311 e. The normalized spacial score (nSPS) is 27.0. The molecule has 6 nitrogen and oxygen atoms in total. The molecule has 1 aliphatic heterocycles. The van der Waals surface area contributed by atoms with Crippen molar-refractivity contribution in [1.82, 2.24) is 15.2 Å². The molecule has 9 heavy (non-hydrogen) atoms. The van der Waals surface area contributed by atoms with Gasteiger partial charge in [-0.1, -0.05) is 0 Å². The second-order valence-electron chi connectivity index (χ2n) is 1.94. The molecule has 0 amide bonds. The van der Waals surface area contributed by atoms with Crippen LogP contribution in [0.4, 0.5) is 0 Å². The van der Waals surface area contributed by atoms with Crippen molar-refractivity contribution in [2.45, 2.75) is 0 Å². The van der Waals surface area contributed by atoms with Crippen LogP contribution in [-0.4, -0.2) is 50.8 Å². The van der Waals surface area contributed by atoms with Gasteiger partial charge in [-0.05, 0) is 0 Å². The second-order valence-corrected chi connectivity index (χ2v) is 1.94. The standard InChI is InChI=1S/C3H9N3O3/c7-4-1-5(8)3-6(9)2-4/h7-9H,1-3H2. The summed E-state index contributed by atoms with van der Waals surface area (Å²) in [6.45, 7) is 0.116. The van der Waals surface area contributed by atoms with E-state index in [0.717, 1.165) is 15.2 Å². The maximum atomic E-state index is 8.68. The van der Waals surface area contributed by atoms with Crippen molar-refractivity contribution in [1.29, 1.82) is 0 Å². The van der Waals surface area contributed by atoms with Gasteiger partial charge in [0.2, 0.25) is 0 Å². The highest BCUT2D eigenvalue weighted by molar-refractivity contribution is 4.46. The van der Waals surface area contributed by atoms with Gasteiger partial charge in [-0.3, -0.25) is 0 Å². The van der Waals surface area contributed by atoms with Crippen LogP contribution in [0.1, 0.15) is 0 Å². The molecule has 0 aliphatic carbocycles. The van der Waals surface area contributed by atoms with E-state index in [4.69, 9.17) is 15.6 Å². The Morgan fingerprint density at radius 3 is 1.11 bits per heavy atom. The van der Waals surface area contributed by atoms with Gasteiger partial charge in [0, 0.05) is 0 Å². The van der Waals surface area contributed by atoms with E-state index in [0.29, 0.717) is 0 Å². The highest BCUT2D eigenvalue weighted by atomic mass is 16.6. The molecule has 3 N–H and O–H groups in total. The maximum absolute atomic E-state index is 8.68. The summed E-state index contributed by atoms with van der Waals surface area (Å²) in [5.41, 5.74) is 0. The van der Waals surface area contributed by atoms with E-state index < -0.39 is 0 Å². The van der Waals surface area contributed by atoms with Gasteiger partial charge in [0.1, 0.15) is 20.0 Å². The van der Waals surface area contributed by atoms with Crippen molar-refractivity contribution in [2.24, 2.45) is 0 Å². The molecule has 0 atom stereocenters. The fourth-order valence-corrected chi connectivity index (χ4v) is 0.699. The van der Waals surface area contributed by atoms with E-state index in [-0.39, 0.29) is 20.0 Å². The third-order valence-electron chi connectivity index (χ3n) is 0.979. The van der Waals surface area contributed by atoms with Crippen molar-refractivity contribution in [2.75, 3.05) is 20.0 Å². The summed E-state index contributed by atoms with van der Waals surface area (Å²) in [6.07, 6.45) is 0. The molecule has 0 unspecified atom stereocenters. The molecule has 1 aliphatic rings. The van der Waals surface area contributed by atoms with Crippen LogP contribution in [0.25, 0.3) is 0 Å². The summed E-state index contributed by atoms with van der Waals surface area (Å²) < 4.78 is 0. The predicted octanol–water partition coefficient (Wildman–Crippen LogP) is -1.05. The Kier molecular flexibility index (Phi) is 1.96. The zero-order valence-electron chi connectivity index (χ0n) is 4.80. The van der Waals surface area contributed by atoms with Crippen LogP contribution in [0.3, 0.4) is 0 Å². The Morgan fingerprint density at radius 1 is 0.667 bits per heavy atom. The number of hydrogen-bond donors (Lipinski definition) is 3. The first-order valence-electron chi connectivity index (χ1n) is 2.50. The molecule has 0 aromatic carbocycles. The van der Waals surface area contributed by atoms with Crippen LogP contribution in [-0.2, 0) is 0 Å². The Morgan fingerprint density at radius 2 is 0.889 bits per heavy atom.